The number of carbonyl (C=O) groups is 1. The number of nitrogens with two attached hydrogens (primary N) is 1. The predicted octanol–water partition coefficient (Wildman–Crippen LogP) is 1.42. The lowest BCUT2D eigenvalue weighted by Crippen LogP contribution is -2.13. The Kier molecular flexibility index (Phi) is 2.97. The second kappa shape index (κ2) is 4.42. The molecule has 3 N–H and O–H groups in total. The van der Waals surface area contributed by atoms with Crippen molar-refractivity contribution in [2.24, 2.45) is 0 Å². The number of anilines is 2. The van der Waals surface area contributed by atoms with Crippen LogP contribution in [0.4, 0.5) is 10.8 Å². The van der Waals surface area contributed by atoms with E-state index in [9.17, 15) is 4.79 Å². The van der Waals surface area contributed by atoms with E-state index in [1.807, 2.05) is 0 Å². The molecule has 0 aliphatic heterocycles. The zero-order valence-electron chi connectivity index (χ0n) is 7.85. The fourth-order valence-corrected chi connectivity index (χ4v) is 1.64. The largest absolute Gasteiger partial charge is 0.397 e. The molecule has 2 aromatic heterocycles. The molecule has 8 heteroatoms. The number of nitrogen functional groups attached to an aromatic ring is 1. The third-order valence-corrected chi connectivity index (χ3v) is 2.59. The molecule has 0 aliphatic rings. The number of nitrogens with zero attached hydrogens (tertiary/aromatic N) is 3. The van der Waals surface area contributed by atoms with E-state index in [-0.39, 0.29) is 10.7 Å². The molecule has 2 heterocycles. The van der Waals surface area contributed by atoms with Crippen LogP contribution in [-0.4, -0.2) is 21.1 Å². The number of rotatable bonds is 2. The lowest BCUT2D eigenvalue weighted by molar-refractivity contribution is 0.102. The summed E-state index contributed by atoms with van der Waals surface area (Å²) in [5, 5.41) is 10.3. The molecule has 2 aromatic rings. The van der Waals surface area contributed by atoms with Gasteiger partial charge in [-0.3, -0.25) is 10.1 Å². The maximum Gasteiger partial charge on any atom is 0.260 e. The smallest absolute Gasteiger partial charge is 0.260 e. The van der Waals surface area contributed by atoms with E-state index in [0.717, 1.165) is 0 Å². The standard InChI is InChI=1S/C8H6ClN5OS/c9-6-5(1-4(10)2-11-6)7(15)13-8-14-12-3-16-8/h1-3H,10H2,(H,13,14,15). The quantitative estimate of drug-likeness (QED) is 0.792. The van der Waals surface area contributed by atoms with Crippen molar-refractivity contribution in [2.45, 2.75) is 0 Å². The Bertz CT molecular complexity index is 515. The average Bonchev–Trinajstić information content (AvgIpc) is 2.74. The summed E-state index contributed by atoms with van der Waals surface area (Å²) in [4.78, 5) is 15.5. The van der Waals surface area contributed by atoms with Gasteiger partial charge in [-0.05, 0) is 6.07 Å². The molecule has 0 atom stereocenters. The fraction of sp³-hybridized carbons (Fsp3) is 0. The van der Waals surface area contributed by atoms with E-state index in [4.69, 9.17) is 17.3 Å². The Morgan fingerprint density at radius 2 is 2.38 bits per heavy atom. The van der Waals surface area contributed by atoms with Crippen molar-refractivity contribution in [3.63, 3.8) is 0 Å². The molecule has 0 bridgehead atoms. The molecule has 0 aliphatic carbocycles. The van der Waals surface area contributed by atoms with E-state index in [1.165, 1.54) is 29.1 Å². The molecule has 0 radical (unpaired) electrons. The summed E-state index contributed by atoms with van der Waals surface area (Å²) >= 11 is 6.98. The molecule has 0 saturated heterocycles. The molecular weight excluding hydrogens is 250 g/mol. The van der Waals surface area contributed by atoms with Crippen molar-refractivity contribution in [3.05, 3.63) is 28.5 Å². The van der Waals surface area contributed by atoms with Crippen molar-refractivity contribution < 1.29 is 4.79 Å². The predicted molar refractivity (Wildman–Crippen MR) is 61.5 cm³/mol. The van der Waals surface area contributed by atoms with E-state index in [0.29, 0.717) is 10.8 Å². The van der Waals surface area contributed by atoms with Gasteiger partial charge in [0.25, 0.3) is 5.91 Å². The summed E-state index contributed by atoms with van der Waals surface area (Å²) in [6.45, 7) is 0. The minimum Gasteiger partial charge on any atom is -0.397 e. The van der Waals surface area contributed by atoms with Crippen LogP contribution in [0.5, 0.6) is 0 Å². The number of halogens is 1. The summed E-state index contributed by atoms with van der Waals surface area (Å²) in [6.07, 6.45) is 1.38. The summed E-state index contributed by atoms with van der Waals surface area (Å²) in [6, 6.07) is 1.45. The molecule has 6 nitrogen and oxygen atoms in total. The van der Waals surface area contributed by atoms with E-state index in [2.05, 4.69) is 20.5 Å². The van der Waals surface area contributed by atoms with Gasteiger partial charge < -0.3 is 5.73 Å². The van der Waals surface area contributed by atoms with Crippen molar-refractivity contribution >= 4 is 39.7 Å². The first-order valence-electron chi connectivity index (χ1n) is 4.15. The van der Waals surface area contributed by atoms with Crippen LogP contribution in [0.2, 0.25) is 5.15 Å². The number of carbonyl (C=O) groups excluding carboxylic acids is 1. The first-order chi connectivity index (χ1) is 7.66. The second-order valence-corrected chi connectivity index (χ2v) is 4.00. The van der Waals surface area contributed by atoms with Gasteiger partial charge in [0.05, 0.1) is 17.4 Å². The highest BCUT2D eigenvalue weighted by atomic mass is 35.5. The van der Waals surface area contributed by atoms with Crippen LogP contribution in [-0.2, 0) is 0 Å². The second-order valence-electron chi connectivity index (χ2n) is 2.81. The number of aromatic nitrogens is 3. The third-order valence-electron chi connectivity index (χ3n) is 1.69. The summed E-state index contributed by atoms with van der Waals surface area (Å²) < 4.78 is 0. The first kappa shape index (κ1) is 10.8. The Morgan fingerprint density at radius 1 is 1.56 bits per heavy atom. The van der Waals surface area contributed by atoms with E-state index < -0.39 is 5.91 Å². The molecule has 0 saturated carbocycles. The molecule has 0 spiro atoms. The van der Waals surface area contributed by atoms with Crippen LogP contribution < -0.4 is 11.1 Å². The molecule has 82 valence electrons. The van der Waals surface area contributed by atoms with Crippen LogP contribution in [0.3, 0.4) is 0 Å². The highest BCUT2D eigenvalue weighted by molar-refractivity contribution is 7.13. The molecule has 16 heavy (non-hydrogen) atoms. The molecule has 2 rings (SSSR count). The average molecular weight is 256 g/mol. The van der Waals surface area contributed by atoms with Gasteiger partial charge in [-0.2, -0.15) is 0 Å². The minimum atomic E-state index is -0.415. The van der Waals surface area contributed by atoms with Crippen molar-refractivity contribution in [1.29, 1.82) is 0 Å². The summed E-state index contributed by atoms with van der Waals surface area (Å²) in [7, 11) is 0. The lowest BCUT2D eigenvalue weighted by atomic mass is 10.2. The number of amides is 1. The van der Waals surface area contributed by atoms with Crippen molar-refractivity contribution in [2.75, 3.05) is 11.1 Å². The van der Waals surface area contributed by atoms with Gasteiger partial charge in [0.2, 0.25) is 5.13 Å². The fourth-order valence-electron chi connectivity index (χ4n) is 1.02. The van der Waals surface area contributed by atoms with Gasteiger partial charge in [0.1, 0.15) is 10.7 Å². The van der Waals surface area contributed by atoms with Crippen LogP contribution in [0.15, 0.2) is 17.8 Å². The highest BCUT2D eigenvalue weighted by Gasteiger charge is 2.13. The molecule has 0 aromatic carbocycles. The Balaban J connectivity index is 2.24. The third kappa shape index (κ3) is 2.26. The maximum atomic E-state index is 11.7. The van der Waals surface area contributed by atoms with Gasteiger partial charge in [-0.15, -0.1) is 10.2 Å². The maximum absolute atomic E-state index is 11.7. The topological polar surface area (TPSA) is 93.8 Å². The molecule has 0 unspecified atom stereocenters. The van der Waals surface area contributed by atoms with Crippen LogP contribution in [0, 0.1) is 0 Å². The Morgan fingerprint density at radius 3 is 3.06 bits per heavy atom. The monoisotopic (exact) mass is 255 g/mol. The SMILES string of the molecule is Nc1cnc(Cl)c(C(=O)Nc2nncs2)c1. The van der Waals surface area contributed by atoms with Crippen molar-refractivity contribution in [3.8, 4) is 0 Å². The van der Waals surface area contributed by atoms with Gasteiger partial charge in [0, 0.05) is 0 Å². The minimum absolute atomic E-state index is 0.0937. The Labute approximate surface area is 99.5 Å². The number of nitrogens with one attached hydrogen (secondary N) is 1. The highest BCUT2D eigenvalue weighted by Crippen LogP contribution is 2.18. The summed E-state index contributed by atoms with van der Waals surface area (Å²) in [5.41, 5.74) is 7.59. The van der Waals surface area contributed by atoms with Crippen molar-refractivity contribution in [1.82, 2.24) is 15.2 Å². The molecular formula is C8H6ClN5OS. The Hall–Kier alpha value is -1.73. The number of hydrogen-bond donors (Lipinski definition) is 2. The number of pyridine rings is 1. The number of hydrogen-bond acceptors (Lipinski definition) is 6. The van der Waals surface area contributed by atoms with Crippen LogP contribution in [0.25, 0.3) is 0 Å². The van der Waals surface area contributed by atoms with Crippen LogP contribution in [0.1, 0.15) is 10.4 Å². The molecule has 0 fully saturated rings. The van der Waals surface area contributed by atoms with Gasteiger partial charge in [-0.25, -0.2) is 4.98 Å². The zero-order chi connectivity index (χ0) is 11.5. The lowest BCUT2D eigenvalue weighted by Gasteiger charge is -2.03. The van der Waals surface area contributed by atoms with Gasteiger partial charge >= 0.3 is 0 Å². The summed E-state index contributed by atoms with van der Waals surface area (Å²) in [5.74, 6) is -0.415. The molecule has 1 amide bonds. The van der Waals surface area contributed by atoms with E-state index >= 15 is 0 Å². The first-order valence-corrected chi connectivity index (χ1v) is 5.41. The van der Waals surface area contributed by atoms with Crippen LogP contribution >= 0.6 is 22.9 Å². The van der Waals surface area contributed by atoms with E-state index in [1.54, 1.807) is 0 Å². The van der Waals surface area contributed by atoms with Gasteiger partial charge in [0.15, 0.2) is 0 Å². The zero-order valence-corrected chi connectivity index (χ0v) is 9.42. The normalized spacial score (nSPS) is 10.1. The van der Waals surface area contributed by atoms with Gasteiger partial charge in [-0.1, -0.05) is 22.9 Å².